The lowest BCUT2D eigenvalue weighted by atomic mass is 10.1. The molecule has 0 aliphatic rings. The van der Waals surface area contributed by atoms with E-state index >= 15 is 0 Å². The van der Waals surface area contributed by atoms with Crippen LogP contribution in [-0.2, 0) is 17.0 Å². The number of hydrogen-bond donors (Lipinski definition) is 2. The first-order chi connectivity index (χ1) is 15.6. The van der Waals surface area contributed by atoms with Gasteiger partial charge in [-0.3, -0.25) is 9.59 Å². The Morgan fingerprint density at radius 1 is 1.03 bits per heavy atom. The van der Waals surface area contributed by atoms with Crippen molar-refractivity contribution in [3.8, 4) is 0 Å². The van der Waals surface area contributed by atoms with Crippen LogP contribution in [0, 0.1) is 6.92 Å². The Balaban J connectivity index is 1.37. The maximum Gasteiger partial charge on any atom is 0.287 e. The molecule has 2 amide bonds. The van der Waals surface area contributed by atoms with Gasteiger partial charge in [0.05, 0.1) is 6.54 Å². The second kappa shape index (κ2) is 10.4. The van der Waals surface area contributed by atoms with E-state index in [2.05, 4.69) is 20.8 Å². The number of amides is 2. The van der Waals surface area contributed by atoms with Gasteiger partial charge in [0.25, 0.3) is 5.91 Å². The molecule has 0 bridgehead atoms. The molecule has 0 aliphatic heterocycles. The van der Waals surface area contributed by atoms with Crippen LogP contribution in [0.2, 0.25) is 0 Å². The van der Waals surface area contributed by atoms with Crippen molar-refractivity contribution in [3.63, 3.8) is 0 Å². The van der Waals surface area contributed by atoms with Crippen molar-refractivity contribution in [2.24, 2.45) is 0 Å². The lowest BCUT2D eigenvalue weighted by Crippen LogP contribution is -2.37. The maximum absolute atomic E-state index is 12.8. The first kappa shape index (κ1) is 22.0. The van der Waals surface area contributed by atoms with E-state index in [1.807, 2.05) is 61.5 Å². The molecule has 7 nitrogen and oxygen atoms in total. The normalized spacial score (nSPS) is 10.9. The van der Waals surface area contributed by atoms with E-state index in [0.717, 1.165) is 32.3 Å². The molecule has 0 fully saturated rings. The first-order valence-electron chi connectivity index (χ1n) is 10.1. The number of hydrogen-bond acceptors (Lipinski definition) is 7. The van der Waals surface area contributed by atoms with Crippen molar-refractivity contribution < 1.29 is 14.0 Å². The number of carbonyl (C=O) groups is 2. The van der Waals surface area contributed by atoms with Crippen LogP contribution < -0.4 is 10.6 Å². The number of nitrogens with zero attached hydrogens (tertiary/aromatic N) is 2. The van der Waals surface area contributed by atoms with E-state index in [-0.39, 0.29) is 18.2 Å². The predicted octanol–water partition coefficient (Wildman–Crippen LogP) is 3.97. The highest BCUT2D eigenvalue weighted by atomic mass is 32.2. The lowest BCUT2D eigenvalue weighted by molar-refractivity contribution is -0.120. The van der Waals surface area contributed by atoms with Gasteiger partial charge in [-0.15, -0.1) is 10.2 Å². The minimum atomic E-state index is -0.413. The smallest absolute Gasteiger partial charge is 0.287 e. The number of rotatable bonds is 9. The third kappa shape index (κ3) is 5.54. The molecule has 2 heterocycles. The quantitative estimate of drug-likeness (QED) is 0.362. The van der Waals surface area contributed by atoms with Crippen LogP contribution in [0.15, 0.2) is 63.4 Å². The van der Waals surface area contributed by atoms with Crippen molar-refractivity contribution in [2.75, 3.05) is 13.1 Å². The molecular weight excluding hydrogens is 444 g/mol. The first-order valence-corrected chi connectivity index (χ1v) is 11.9. The van der Waals surface area contributed by atoms with Gasteiger partial charge in [0.15, 0.2) is 10.1 Å². The van der Waals surface area contributed by atoms with Crippen molar-refractivity contribution in [1.29, 1.82) is 0 Å². The zero-order valence-corrected chi connectivity index (χ0v) is 19.1. The van der Waals surface area contributed by atoms with Gasteiger partial charge in [-0.25, -0.2) is 0 Å². The molecule has 32 heavy (non-hydrogen) atoms. The van der Waals surface area contributed by atoms with Gasteiger partial charge in [-0.1, -0.05) is 71.6 Å². The number of thioether (sulfide) groups is 1. The number of carbonyl (C=O) groups excluding carboxylic acids is 2. The van der Waals surface area contributed by atoms with E-state index in [1.54, 1.807) is 0 Å². The summed E-state index contributed by atoms with van der Waals surface area (Å²) in [6, 6.07) is 17.4. The molecule has 0 saturated carbocycles. The number of furan rings is 1. The summed E-state index contributed by atoms with van der Waals surface area (Å²) >= 11 is 3.01. The Bertz CT molecular complexity index is 1220. The standard InChI is InChI=1S/C23H22N4O3S2/c1-15-26-27-23(32-15)31-14-18-17-9-5-6-10-19(17)30-21(18)22(29)25-13-20(28)24-12-11-16-7-3-2-4-8-16/h2-10H,11-14H2,1H3,(H,24,28)(H,25,29). The summed E-state index contributed by atoms with van der Waals surface area (Å²) in [5.41, 5.74) is 2.56. The van der Waals surface area contributed by atoms with Gasteiger partial charge in [-0.2, -0.15) is 0 Å². The van der Waals surface area contributed by atoms with Crippen LogP contribution in [0.25, 0.3) is 11.0 Å². The van der Waals surface area contributed by atoms with Crippen LogP contribution >= 0.6 is 23.1 Å². The van der Waals surface area contributed by atoms with Crippen LogP contribution in [0.4, 0.5) is 0 Å². The zero-order valence-electron chi connectivity index (χ0n) is 17.5. The van der Waals surface area contributed by atoms with E-state index in [9.17, 15) is 9.59 Å². The summed E-state index contributed by atoms with van der Waals surface area (Å²) in [6.45, 7) is 2.29. The van der Waals surface area contributed by atoms with Gasteiger partial charge in [0.1, 0.15) is 10.6 Å². The Morgan fingerprint density at radius 2 is 1.81 bits per heavy atom. The highest BCUT2D eigenvalue weighted by molar-refractivity contribution is 8.00. The lowest BCUT2D eigenvalue weighted by Gasteiger charge is -2.07. The summed E-state index contributed by atoms with van der Waals surface area (Å²) in [7, 11) is 0. The maximum atomic E-state index is 12.8. The number of nitrogens with one attached hydrogen (secondary N) is 2. The van der Waals surface area contributed by atoms with Gasteiger partial charge < -0.3 is 15.1 Å². The average Bonchev–Trinajstić information content (AvgIpc) is 3.40. The average molecular weight is 467 g/mol. The summed E-state index contributed by atoms with van der Waals surface area (Å²) in [6.07, 6.45) is 0.733. The van der Waals surface area contributed by atoms with Crippen molar-refractivity contribution in [3.05, 3.63) is 76.5 Å². The van der Waals surface area contributed by atoms with Gasteiger partial charge in [-0.05, 0) is 25.0 Å². The molecule has 0 saturated heterocycles. The van der Waals surface area contributed by atoms with Crippen molar-refractivity contribution in [2.45, 2.75) is 23.4 Å². The summed E-state index contributed by atoms with van der Waals surface area (Å²) in [4.78, 5) is 25.0. The summed E-state index contributed by atoms with van der Waals surface area (Å²) in [5.74, 6) is 0.0728. The van der Waals surface area contributed by atoms with Gasteiger partial charge in [0.2, 0.25) is 5.91 Å². The van der Waals surface area contributed by atoms with Crippen molar-refractivity contribution in [1.82, 2.24) is 20.8 Å². The number of fused-ring (bicyclic) bond motifs is 1. The number of para-hydroxylation sites is 1. The monoisotopic (exact) mass is 466 g/mol. The third-order valence-corrected chi connectivity index (χ3v) is 6.74. The predicted molar refractivity (Wildman–Crippen MR) is 126 cm³/mol. The topological polar surface area (TPSA) is 97.1 Å². The van der Waals surface area contributed by atoms with Crippen molar-refractivity contribution >= 4 is 45.9 Å². The highest BCUT2D eigenvalue weighted by Gasteiger charge is 2.21. The summed E-state index contributed by atoms with van der Waals surface area (Å²) in [5, 5.41) is 15.4. The Hall–Kier alpha value is -3.17. The van der Waals surface area contributed by atoms with E-state index < -0.39 is 5.91 Å². The number of aryl methyl sites for hydroxylation is 1. The summed E-state index contributed by atoms with van der Waals surface area (Å²) < 4.78 is 6.67. The molecule has 164 valence electrons. The fourth-order valence-corrected chi connectivity index (χ4v) is 5.03. The van der Waals surface area contributed by atoms with Crippen LogP contribution in [0.3, 0.4) is 0 Å². The Morgan fingerprint density at radius 3 is 2.59 bits per heavy atom. The molecule has 0 radical (unpaired) electrons. The molecule has 2 aromatic heterocycles. The molecule has 2 N–H and O–H groups in total. The fourth-order valence-electron chi connectivity index (χ4n) is 3.19. The van der Waals surface area contributed by atoms with Gasteiger partial charge in [0, 0.05) is 23.2 Å². The largest absolute Gasteiger partial charge is 0.451 e. The highest BCUT2D eigenvalue weighted by Crippen LogP contribution is 2.33. The number of aromatic nitrogens is 2. The third-order valence-electron chi connectivity index (χ3n) is 4.74. The second-order valence-electron chi connectivity index (χ2n) is 7.05. The molecule has 2 aromatic carbocycles. The Labute approximate surface area is 193 Å². The molecule has 4 aromatic rings. The molecule has 0 atom stereocenters. The van der Waals surface area contributed by atoms with Crippen LogP contribution in [0.1, 0.15) is 26.7 Å². The Kier molecular flexibility index (Phi) is 7.18. The fraction of sp³-hybridized carbons (Fsp3) is 0.217. The molecule has 4 rings (SSSR count). The van der Waals surface area contributed by atoms with E-state index in [0.29, 0.717) is 17.9 Å². The molecule has 0 aliphatic carbocycles. The van der Waals surface area contributed by atoms with Gasteiger partial charge >= 0.3 is 0 Å². The van der Waals surface area contributed by atoms with Crippen LogP contribution in [0.5, 0.6) is 0 Å². The molecule has 0 spiro atoms. The molecule has 0 unspecified atom stereocenters. The van der Waals surface area contributed by atoms with Crippen LogP contribution in [-0.4, -0.2) is 35.1 Å². The molecule has 9 heteroatoms. The van der Waals surface area contributed by atoms with E-state index in [1.165, 1.54) is 23.1 Å². The molecular formula is C23H22N4O3S2. The number of benzene rings is 2. The minimum Gasteiger partial charge on any atom is -0.451 e. The van der Waals surface area contributed by atoms with E-state index in [4.69, 9.17) is 4.42 Å². The zero-order chi connectivity index (χ0) is 22.3. The second-order valence-corrected chi connectivity index (χ2v) is 9.45. The minimum absolute atomic E-state index is 0.118. The SMILES string of the molecule is Cc1nnc(SCc2c(C(=O)NCC(=O)NCCc3ccccc3)oc3ccccc23)s1.